The van der Waals surface area contributed by atoms with E-state index < -0.39 is 0 Å². The standard InChI is InChI=1S/C18H22N2O2S/c1-15(21)20(11-9-16-6-3-2-4-7-16)12-10-19-18(22)14-17-8-5-13-23-17/h2-8,13H,9-12,14H2,1H3,(H,19,22). The molecule has 0 spiro atoms. The minimum Gasteiger partial charge on any atom is -0.354 e. The Morgan fingerprint density at radius 3 is 2.52 bits per heavy atom. The molecule has 2 amide bonds. The minimum atomic E-state index is -0.000915. The average Bonchev–Trinajstić information content (AvgIpc) is 3.04. The highest BCUT2D eigenvalue weighted by Crippen LogP contribution is 2.08. The molecule has 0 saturated carbocycles. The number of carbonyl (C=O) groups excluding carboxylic acids is 2. The third-order valence-electron chi connectivity index (χ3n) is 3.58. The molecule has 0 unspecified atom stereocenters. The molecule has 0 aliphatic carbocycles. The first-order chi connectivity index (χ1) is 11.1. The second kappa shape index (κ2) is 9.10. The summed E-state index contributed by atoms with van der Waals surface area (Å²) in [6, 6.07) is 14.0. The van der Waals surface area contributed by atoms with E-state index in [1.807, 2.05) is 35.7 Å². The molecule has 0 aliphatic heterocycles. The van der Waals surface area contributed by atoms with Crippen LogP contribution in [0.1, 0.15) is 17.4 Å². The highest BCUT2D eigenvalue weighted by Gasteiger charge is 2.10. The number of carbonyl (C=O) groups is 2. The van der Waals surface area contributed by atoms with Crippen molar-refractivity contribution in [2.45, 2.75) is 19.8 Å². The Labute approximate surface area is 141 Å². The molecule has 0 saturated heterocycles. The fourth-order valence-electron chi connectivity index (χ4n) is 2.30. The van der Waals surface area contributed by atoms with E-state index in [1.54, 1.807) is 23.2 Å². The van der Waals surface area contributed by atoms with Crippen molar-refractivity contribution in [3.05, 3.63) is 58.3 Å². The Hall–Kier alpha value is -2.14. The zero-order valence-electron chi connectivity index (χ0n) is 13.3. The Morgan fingerprint density at radius 1 is 1.09 bits per heavy atom. The molecule has 122 valence electrons. The van der Waals surface area contributed by atoms with Gasteiger partial charge in [-0.25, -0.2) is 0 Å². The average molecular weight is 330 g/mol. The van der Waals surface area contributed by atoms with Crippen LogP contribution in [0.4, 0.5) is 0 Å². The van der Waals surface area contributed by atoms with Gasteiger partial charge in [0.15, 0.2) is 0 Å². The van der Waals surface area contributed by atoms with Gasteiger partial charge in [-0.3, -0.25) is 9.59 Å². The maximum Gasteiger partial charge on any atom is 0.225 e. The van der Waals surface area contributed by atoms with Gasteiger partial charge in [0.1, 0.15) is 0 Å². The summed E-state index contributed by atoms with van der Waals surface area (Å²) in [5.41, 5.74) is 1.21. The Morgan fingerprint density at radius 2 is 1.87 bits per heavy atom. The summed E-state index contributed by atoms with van der Waals surface area (Å²) in [4.78, 5) is 26.4. The summed E-state index contributed by atoms with van der Waals surface area (Å²) in [6.45, 7) is 3.26. The van der Waals surface area contributed by atoms with Crippen molar-refractivity contribution in [3.8, 4) is 0 Å². The monoisotopic (exact) mass is 330 g/mol. The van der Waals surface area contributed by atoms with E-state index in [0.717, 1.165) is 11.3 Å². The maximum absolute atomic E-state index is 11.8. The van der Waals surface area contributed by atoms with Crippen molar-refractivity contribution in [3.63, 3.8) is 0 Å². The first kappa shape index (κ1) is 17.2. The predicted molar refractivity (Wildman–Crippen MR) is 93.4 cm³/mol. The minimum absolute atomic E-state index is 0.000915. The lowest BCUT2D eigenvalue weighted by atomic mass is 10.1. The second-order valence-electron chi connectivity index (χ2n) is 5.35. The first-order valence-corrected chi connectivity index (χ1v) is 8.61. The van der Waals surface area contributed by atoms with Crippen LogP contribution < -0.4 is 5.32 Å². The molecule has 4 nitrogen and oxygen atoms in total. The molecule has 0 bridgehead atoms. The summed E-state index contributed by atoms with van der Waals surface area (Å²) >= 11 is 1.58. The summed E-state index contributed by atoms with van der Waals surface area (Å²) in [5.74, 6) is 0.0347. The Balaban J connectivity index is 1.72. The van der Waals surface area contributed by atoms with E-state index in [0.29, 0.717) is 26.1 Å². The van der Waals surface area contributed by atoms with Crippen molar-refractivity contribution in [2.24, 2.45) is 0 Å². The molecule has 0 fully saturated rings. The first-order valence-electron chi connectivity index (χ1n) is 7.73. The van der Waals surface area contributed by atoms with Crippen LogP contribution in [-0.4, -0.2) is 36.3 Å². The molecular formula is C18H22N2O2S. The lowest BCUT2D eigenvalue weighted by Crippen LogP contribution is -2.38. The van der Waals surface area contributed by atoms with Crippen LogP contribution in [0, 0.1) is 0 Å². The van der Waals surface area contributed by atoms with Crippen molar-refractivity contribution < 1.29 is 9.59 Å². The van der Waals surface area contributed by atoms with Crippen molar-refractivity contribution in [2.75, 3.05) is 19.6 Å². The molecule has 0 aliphatic rings. The van der Waals surface area contributed by atoms with E-state index in [2.05, 4.69) is 17.4 Å². The Bertz CT molecular complexity index is 611. The fourth-order valence-corrected chi connectivity index (χ4v) is 3.00. The van der Waals surface area contributed by atoms with E-state index >= 15 is 0 Å². The third-order valence-corrected chi connectivity index (χ3v) is 4.45. The van der Waals surface area contributed by atoms with Gasteiger partial charge in [-0.1, -0.05) is 36.4 Å². The van der Waals surface area contributed by atoms with Crippen LogP contribution in [0.3, 0.4) is 0 Å². The number of benzene rings is 1. The summed E-state index contributed by atoms with van der Waals surface area (Å²) < 4.78 is 0. The second-order valence-corrected chi connectivity index (χ2v) is 6.38. The van der Waals surface area contributed by atoms with Crippen LogP contribution in [0.15, 0.2) is 47.8 Å². The molecule has 1 aromatic carbocycles. The van der Waals surface area contributed by atoms with Gasteiger partial charge < -0.3 is 10.2 Å². The molecule has 2 aromatic rings. The van der Waals surface area contributed by atoms with Gasteiger partial charge in [0.2, 0.25) is 11.8 Å². The topological polar surface area (TPSA) is 49.4 Å². The maximum atomic E-state index is 11.8. The molecule has 1 aromatic heterocycles. The van der Waals surface area contributed by atoms with Gasteiger partial charge in [0, 0.05) is 31.4 Å². The summed E-state index contributed by atoms with van der Waals surface area (Å²) in [5, 5.41) is 4.84. The van der Waals surface area contributed by atoms with E-state index in [1.165, 1.54) is 5.56 Å². The fraction of sp³-hybridized carbons (Fsp3) is 0.333. The normalized spacial score (nSPS) is 10.3. The van der Waals surface area contributed by atoms with E-state index in [9.17, 15) is 9.59 Å². The van der Waals surface area contributed by atoms with E-state index in [4.69, 9.17) is 0 Å². The van der Waals surface area contributed by atoms with Crippen molar-refractivity contribution >= 4 is 23.2 Å². The molecule has 0 atom stereocenters. The number of hydrogen-bond acceptors (Lipinski definition) is 3. The number of thiophene rings is 1. The van der Waals surface area contributed by atoms with Crippen LogP contribution in [0.2, 0.25) is 0 Å². The van der Waals surface area contributed by atoms with Gasteiger partial charge in [0.05, 0.1) is 6.42 Å². The van der Waals surface area contributed by atoms with Gasteiger partial charge in [-0.15, -0.1) is 11.3 Å². The van der Waals surface area contributed by atoms with Crippen LogP contribution in [0.5, 0.6) is 0 Å². The van der Waals surface area contributed by atoms with Gasteiger partial charge in [0.25, 0.3) is 0 Å². The molecule has 5 heteroatoms. The van der Waals surface area contributed by atoms with Gasteiger partial charge in [-0.2, -0.15) is 0 Å². The van der Waals surface area contributed by atoms with Crippen molar-refractivity contribution in [1.82, 2.24) is 10.2 Å². The van der Waals surface area contributed by atoms with Crippen LogP contribution >= 0.6 is 11.3 Å². The molecule has 23 heavy (non-hydrogen) atoms. The number of nitrogens with zero attached hydrogens (tertiary/aromatic N) is 1. The third kappa shape index (κ3) is 6.24. The van der Waals surface area contributed by atoms with Gasteiger partial charge >= 0.3 is 0 Å². The summed E-state index contributed by atoms with van der Waals surface area (Å²) in [6.07, 6.45) is 1.23. The molecule has 1 heterocycles. The highest BCUT2D eigenvalue weighted by molar-refractivity contribution is 7.10. The SMILES string of the molecule is CC(=O)N(CCNC(=O)Cc1cccs1)CCc1ccccc1. The number of amides is 2. The number of rotatable bonds is 8. The zero-order chi connectivity index (χ0) is 16.5. The molecule has 1 N–H and O–H groups in total. The highest BCUT2D eigenvalue weighted by atomic mass is 32.1. The predicted octanol–water partition coefficient (Wildman–Crippen LogP) is 2.50. The van der Waals surface area contributed by atoms with Gasteiger partial charge in [-0.05, 0) is 23.4 Å². The van der Waals surface area contributed by atoms with Crippen LogP contribution in [-0.2, 0) is 22.4 Å². The molecule has 0 radical (unpaired) electrons. The lowest BCUT2D eigenvalue weighted by molar-refractivity contribution is -0.129. The van der Waals surface area contributed by atoms with Crippen LogP contribution in [0.25, 0.3) is 0 Å². The van der Waals surface area contributed by atoms with E-state index in [-0.39, 0.29) is 11.8 Å². The largest absolute Gasteiger partial charge is 0.354 e. The quantitative estimate of drug-likeness (QED) is 0.808. The molecule has 2 rings (SSSR count). The zero-order valence-corrected chi connectivity index (χ0v) is 14.1. The lowest BCUT2D eigenvalue weighted by Gasteiger charge is -2.21. The number of hydrogen-bond donors (Lipinski definition) is 1. The van der Waals surface area contributed by atoms with Crippen molar-refractivity contribution in [1.29, 1.82) is 0 Å². The smallest absolute Gasteiger partial charge is 0.225 e. The molecular weight excluding hydrogens is 308 g/mol. The summed E-state index contributed by atoms with van der Waals surface area (Å²) in [7, 11) is 0. The Kier molecular flexibility index (Phi) is 6.81. The number of nitrogens with one attached hydrogen (secondary N) is 1.